The van der Waals surface area contributed by atoms with Crippen LogP contribution in [0.2, 0.25) is 0 Å². The summed E-state index contributed by atoms with van der Waals surface area (Å²) < 4.78 is 7.10. The molecule has 7 nitrogen and oxygen atoms in total. The first-order chi connectivity index (χ1) is 12.9. The van der Waals surface area contributed by atoms with E-state index in [1.165, 1.54) is 0 Å². The lowest BCUT2D eigenvalue weighted by Crippen LogP contribution is -2.30. The van der Waals surface area contributed by atoms with E-state index in [0.717, 1.165) is 28.4 Å². The highest BCUT2D eigenvalue weighted by Gasteiger charge is 2.34. The Morgan fingerprint density at radius 2 is 2.07 bits per heavy atom. The van der Waals surface area contributed by atoms with Gasteiger partial charge in [0.15, 0.2) is 0 Å². The zero-order valence-electron chi connectivity index (χ0n) is 16.3. The fourth-order valence-corrected chi connectivity index (χ4v) is 3.51. The first-order valence-electron chi connectivity index (χ1n) is 9.11. The average Bonchev–Trinajstić information content (AvgIpc) is 3.14. The lowest BCUT2D eigenvalue weighted by atomic mass is 10.1. The standard InChI is InChI=1S/C20H26N4O3/c1-13-19(14(2)23(3)22-13)21-20(26)16-11-18(25)24(12-16)10-9-15-7-5-6-8-17(15)27-4/h5-8,16H,9-12H2,1-4H3,(H,21,26)/t16-/m0/s1. The number of nitrogens with zero attached hydrogens (tertiary/aromatic N) is 3. The molecule has 1 atom stereocenters. The van der Waals surface area contributed by atoms with Gasteiger partial charge >= 0.3 is 0 Å². The number of aryl methyl sites for hydroxylation is 2. The summed E-state index contributed by atoms with van der Waals surface area (Å²) in [5.41, 5.74) is 3.48. The molecule has 1 aromatic heterocycles. The van der Waals surface area contributed by atoms with Crippen molar-refractivity contribution >= 4 is 17.5 Å². The Bertz CT molecular complexity index is 859. The summed E-state index contributed by atoms with van der Waals surface area (Å²) in [4.78, 5) is 26.8. The number of nitrogens with one attached hydrogen (secondary N) is 1. The number of amides is 2. The minimum absolute atomic E-state index is 0.0182. The number of rotatable bonds is 6. The predicted octanol–water partition coefficient (Wildman–Crippen LogP) is 2.08. The van der Waals surface area contributed by atoms with E-state index in [9.17, 15) is 9.59 Å². The molecule has 0 unspecified atom stereocenters. The first-order valence-corrected chi connectivity index (χ1v) is 9.11. The smallest absolute Gasteiger partial charge is 0.229 e. The Morgan fingerprint density at radius 1 is 1.33 bits per heavy atom. The molecule has 1 fully saturated rings. The van der Waals surface area contributed by atoms with Gasteiger partial charge in [0.2, 0.25) is 11.8 Å². The molecule has 2 amide bonds. The number of carbonyl (C=O) groups excluding carboxylic acids is 2. The topological polar surface area (TPSA) is 76.5 Å². The minimum Gasteiger partial charge on any atom is -0.496 e. The predicted molar refractivity (Wildman–Crippen MR) is 103 cm³/mol. The Hall–Kier alpha value is -2.83. The summed E-state index contributed by atoms with van der Waals surface area (Å²) in [5.74, 6) is 0.377. The van der Waals surface area contributed by atoms with Gasteiger partial charge in [-0.25, -0.2) is 0 Å². The second kappa shape index (κ2) is 7.82. The molecule has 27 heavy (non-hydrogen) atoms. The normalized spacial score (nSPS) is 16.7. The van der Waals surface area contributed by atoms with Gasteiger partial charge in [-0.3, -0.25) is 14.3 Å². The summed E-state index contributed by atoms with van der Waals surface area (Å²) in [6, 6.07) is 7.79. The van der Waals surface area contributed by atoms with Crippen molar-refractivity contribution in [3.8, 4) is 5.75 Å². The third-order valence-electron chi connectivity index (χ3n) is 5.19. The number of ether oxygens (including phenoxy) is 1. The van der Waals surface area contributed by atoms with Crippen LogP contribution < -0.4 is 10.1 Å². The van der Waals surface area contributed by atoms with Crippen molar-refractivity contribution in [3.05, 3.63) is 41.2 Å². The van der Waals surface area contributed by atoms with Gasteiger partial charge in [-0.15, -0.1) is 0 Å². The number of para-hydroxylation sites is 1. The van der Waals surface area contributed by atoms with Crippen molar-refractivity contribution in [3.63, 3.8) is 0 Å². The van der Waals surface area contributed by atoms with Crippen LogP contribution in [0.25, 0.3) is 0 Å². The van der Waals surface area contributed by atoms with Gasteiger partial charge in [0.05, 0.1) is 30.1 Å². The number of likely N-dealkylation sites (tertiary alicyclic amines) is 1. The van der Waals surface area contributed by atoms with Crippen LogP contribution in [0, 0.1) is 19.8 Å². The lowest BCUT2D eigenvalue weighted by molar-refractivity contribution is -0.128. The molecule has 0 saturated carbocycles. The molecule has 1 N–H and O–H groups in total. The van der Waals surface area contributed by atoms with E-state index in [1.807, 2.05) is 45.2 Å². The van der Waals surface area contributed by atoms with Crippen molar-refractivity contribution in [2.24, 2.45) is 13.0 Å². The van der Waals surface area contributed by atoms with Crippen molar-refractivity contribution in [1.29, 1.82) is 0 Å². The Kier molecular flexibility index (Phi) is 5.48. The number of hydrogen-bond acceptors (Lipinski definition) is 4. The zero-order chi connectivity index (χ0) is 19.6. The van der Waals surface area contributed by atoms with Gasteiger partial charge in [-0.1, -0.05) is 18.2 Å². The van der Waals surface area contributed by atoms with Crippen LogP contribution in [-0.2, 0) is 23.1 Å². The summed E-state index contributed by atoms with van der Waals surface area (Å²) in [6.45, 7) is 4.79. The Morgan fingerprint density at radius 3 is 2.74 bits per heavy atom. The Labute approximate surface area is 159 Å². The van der Waals surface area contributed by atoms with Crippen LogP contribution in [0.15, 0.2) is 24.3 Å². The molecule has 0 radical (unpaired) electrons. The summed E-state index contributed by atoms with van der Waals surface area (Å²) in [6.07, 6.45) is 0.945. The highest BCUT2D eigenvalue weighted by molar-refractivity contribution is 5.97. The highest BCUT2D eigenvalue weighted by atomic mass is 16.5. The molecule has 0 spiro atoms. The van der Waals surface area contributed by atoms with Crippen molar-refractivity contribution in [1.82, 2.24) is 14.7 Å². The molecular formula is C20H26N4O3. The lowest BCUT2D eigenvalue weighted by Gasteiger charge is -2.17. The van der Waals surface area contributed by atoms with Crippen LogP contribution in [0.4, 0.5) is 5.69 Å². The third-order valence-corrected chi connectivity index (χ3v) is 5.19. The van der Waals surface area contributed by atoms with E-state index in [4.69, 9.17) is 4.74 Å². The second-order valence-electron chi connectivity index (χ2n) is 6.96. The number of aromatic nitrogens is 2. The summed E-state index contributed by atoms with van der Waals surface area (Å²) in [5, 5.41) is 7.27. The highest BCUT2D eigenvalue weighted by Crippen LogP contribution is 2.24. The van der Waals surface area contributed by atoms with Crippen LogP contribution in [0.3, 0.4) is 0 Å². The van der Waals surface area contributed by atoms with Gasteiger partial charge in [-0.05, 0) is 31.9 Å². The minimum atomic E-state index is -0.339. The van der Waals surface area contributed by atoms with Gasteiger partial charge in [0.25, 0.3) is 0 Å². The van der Waals surface area contributed by atoms with Gasteiger partial charge in [-0.2, -0.15) is 5.10 Å². The number of methoxy groups -OCH3 is 1. The molecule has 144 valence electrons. The number of anilines is 1. The maximum atomic E-state index is 12.6. The van der Waals surface area contributed by atoms with E-state index in [-0.39, 0.29) is 24.2 Å². The largest absolute Gasteiger partial charge is 0.496 e. The van der Waals surface area contributed by atoms with E-state index in [0.29, 0.717) is 19.5 Å². The van der Waals surface area contributed by atoms with E-state index < -0.39 is 0 Å². The number of benzene rings is 1. The zero-order valence-corrected chi connectivity index (χ0v) is 16.3. The van der Waals surface area contributed by atoms with E-state index >= 15 is 0 Å². The molecule has 2 aromatic rings. The van der Waals surface area contributed by atoms with E-state index in [1.54, 1.807) is 16.7 Å². The van der Waals surface area contributed by atoms with E-state index in [2.05, 4.69) is 10.4 Å². The molecule has 0 aliphatic carbocycles. The molecular weight excluding hydrogens is 344 g/mol. The van der Waals surface area contributed by atoms with Gasteiger partial charge in [0.1, 0.15) is 5.75 Å². The Balaban J connectivity index is 1.60. The van der Waals surface area contributed by atoms with Crippen LogP contribution in [0.5, 0.6) is 5.75 Å². The van der Waals surface area contributed by atoms with Crippen molar-refractivity contribution < 1.29 is 14.3 Å². The summed E-state index contributed by atoms with van der Waals surface area (Å²) in [7, 11) is 3.49. The SMILES string of the molecule is COc1ccccc1CCN1C[C@@H](C(=O)Nc2c(C)nn(C)c2C)CC1=O. The van der Waals surface area contributed by atoms with Crippen LogP contribution >= 0.6 is 0 Å². The molecule has 1 aliphatic rings. The maximum Gasteiger partial charge on any atom is 0.229 e. The molecule has 2 heterocycles. The molecule has 1 aliphatic heterocycles. The number of carbonyl (C=O) groups is 2. The average molecular weight is 370 g/mol. The summed E-state index contributed by atoms with van der Waals surface area (Å²) >= 11 is 0. The molecule has 1 aromatic carbocycles. The van der Waals surface area contributed by atoms with Crippen molar-refractivity contribution in [2.45, 2.75) is 26.7 Å². The molecule has 0 bridgehead atoms. The quantitative estimate of drug-likeness (QED) is 0.845. The molecule has 7 heteroatoms. The first kappa shape index (κ1) is 18.9. The van der Waals surface area contributed by atoms with Crippen LogP contribution in [-0.4, -0.2) is 46.7 Å². The van der Waals surface area contributed by atoms with Gasteiger partial charge < -0.3 is 15.0 Å². The van der Waals surface area contributed by atoms with Crippen molar-refractivity contribution in [2.75, 3.05) is 25.5 Å². The number of hydrogen-bond donors (Lipinski definition) is 1. The fourth-order valence-electron chi connectivity index (χ4n) is 3.51. The monoisotopic (exact) mass is 370 g/mol. The molecule has 1 saturated heterocycles. The second-order valence-corrected chi connectivity index (χ2v) is 6.96. The maximum absolute atomic E-state index is 12.6. The fraction of sp³-hybridized carbons (Fsp3) is 0.450. The van der Waals surface area contributed by atoms with Gasteiger partial charge in [0, 0.05) is 26.6 Å². The van der Waals surface area contributed by atoms with Crippen LogP contribution in [0.1, 0.15) is 23.4 Å². The molecule has 3 rings (SSSR count). The third kappa shape index (κ3) is 3.97.